The maximum Gasteiger partial charge on any atom is 0.121 e. The molecule has 13 heavy (non-hydrogen) atoms. The molecule has 0 aliphatic carbocycles. The first kappa shape index (κ1) is 10.2. The molecular formula is C9H14N2OS. The van der Waals surface area contributed by atoms with E-state index in [0.29, 0.717) is 5.84 Å². The van der Waals surface area contributed by atoms with Crippen LogP contribution >= 0.6 is 11.3 Å². The summed E-state index contributed by atoms with van der Waals surface area (Å²) in [5, 5.41) is 11.1. The van der Waals surface area contributed by atoms with Crippen molar-refractivity contribution in [2.24, 2.45) is 0 Å². The van der Waals surface area contributed by atoms with Crippen molar-refractivity contribution >= 4 is 17.2 Å². The Bertz CT molecular complexity index is 259. The number of nitrogens with zero attached hydrogens (tertiary/aromatic N) is 1. The molecule has 0 fully saturated rings. The van der Waals surface area contributed by atoms with Gasteiger partial charge in [0.15, 0.2) is 0 Å². The second-order valence-electron chi connectivity index (χ2n) is 2.71. The Balaban J connectivity index is 2.31. The first-order valence-corrected chi connectivity index (χ1v) is 4.99. The third kappa shape index (κ3) is 3.16. The Morgan fingerprint density at radius 2 is 2.46 bits per heavy atom. The Labute approximate surface area is 82.4 Å². The molecule has 0 aliphatic rings. The monoisotopic (exact) mass is 198 g/mol. The molecule has 1 aromatic rings. The maximum atomic E-state index is 7.60. The highest BCUT2D eigenvalue weighted by Gasteiger charge is 2.03. The fourth-order valence-corrected chi connectivity index (χ4v) is 1.67. The van der Waals surface area contributed by atoms with Gasteiger partial charge in [0, 0.05) is 18.3 Å². The van der Waals surface area contributed by atoms with Crippen LogP contribution in [-0.4, -0.2) is 25.1 Å². The van der Waals surface area contributed by atoms with Gasteiger partial charge >= 0.3 is 0 Å². The zero-order chi connectivity index (χ0) is 9.68. The SMILES string of the molecule is CON(C)C(=N)CCc1cccs1. The van der Waals surface area contributed by atoms with Crippen molar-refractivity contribution < 1.29 is 4.84 Å². The van der Waals surface area contributed by atoms with Crippen LogP contribution in [0.2, 0.25) is 0 Å². The lowest BCUT2D eigenvalue weighted by Crippen LogP contribution is -2.24. The van der Waals surface area contributed by atoms with E-state index in [9.17, 15) is 0 Å². The number of nitrogens with one attached hydrogen (secondary N) is 1. The van der Waals surface area contributed by atoms with Gasteiger partial charge in [0.05, 0.1) is 7.11 Å². The van der Waals surface area contributed by atoms with E-state index in [0.717, 1.165) is 12.8 Å². The van der Waals surface area contributed by atoms with Gasteiger partial charge in [-0.1, -0.05) is 6.07 Å². The number of rotatable bonds is 4. The lowest BCUT2D eigenvalue weighted by Gasteiger charge is -2.15. The smallest absolute Gasteiger partial charge is 0.121 e. The highest BCUT2D eigenvalue weighted by molar-refractivity contribution is 7.09. The van der Waals surface area contributed by atoms with Crippen LogP contribution in [0.4, 0.5) is 0 Å². The van der Waals surface area contributed by atoms with Crippen LogP contribution in [-0.2, 0) is 11.3 Å². The Morgan fingerprint density at radius 3 is 3.00 bits per heavy atom. The van der Waals surface area contributed by atoms with E-state index in [1.54, 1.807) is 25.5 Å². The number of amidine groups is 1. The first-order chi connectivity index (χ1) is 6.24. The molecule has 0 bridgehead atoms. The molecule has 1 rings (SSSR count). The summed E-state index contributed by atoms with van der Waals surface area (Å²) in [6.45, 7) is 0. The van der Waals surface area contributed by atoms with Crippen molar-refractivity contribution in [1.29, 1.82) is 5.41 Å². The molecule has 0 atom stereocenters. The normalized spacial score (nSPS) is 10.0. The van der Waals surface area contributed by atoms with Crippen molar-refractivity contribution in [3.63, 3.8) is 0 Å². The predicted octanol–water partition coefficient (Wildman–Crippen LogP) is 2.15. The summed E-state index contributed by atoms with van der Waals surface area (Å²) in [7, 11) is 3.32. The van der Waals surface area contributed by atoms with Gasteiger partial charge in [-0.05, 0) is 17.9 Å². The van der Waals surface area contributed by atoms with Gasteiger partial charge in [0.1, 0.15) is 5.84 Å². The molecule has 1 N–H and O–H groups in total. The lowest BCUT2D eigenvalue weighted by molar-refractivity contribution is -0.0445. The largest absolute Gasteiger partial charge is 0.287 e. The van der Waals surface area contributed by atoms with Gasteiger partial charge in [-0.25, -0.2) is 5.06 Å². The Kier molecular flexibility index (Phi) is 3.92. The van der Waals surface area contributed by atoms with Crippen molar-refractivity contribution in [1.82, 2.24) is 5.06 Å². The van der Waals surface area contributed by atoms with E-state index in [-0.39, 0.29) is 0 Å². The number of hydrogen-bond acceptors (Lipinski definition) is 3. The summed E-state index contributed by atoms with van der Waals surface area (Å²) in [5.41, 5.74) is 0. The fraction of sp³-hybridized carbons (Fsp3) is 0.444. The van der Waals surface area contributed by atoms with Crippen LogP contribution in [0.25, 0.3) is 0 Å². The van der Waals surface area contributed by atoms with Gasteiger partial charge in [-0.2, -0.15) is 0 Å². The second kappa shape index (κ2) is 4.99. The zero-order valence-electron chi connectivity index (χ0n) is 7.91. The van der Waals surface area contributed by atoms with Crippen LogP contribution in [0.5, 0.6) is 0 Å². The summed E-state index contributed by atoms with van der Waals surface area (Å²) in [5.74, 6) is 0.510. The molecule has 0 saturated carbocycles. The molecule has 1 heterocycles. The average Bonchev–Trinajstić information content (AvgIpc) is 2.65. The molecule has 0 unspecified atom stereocenters. The van der Waals surface area contributed by atoms with Crippen LogP contribution in [0.15, 0.2) is 17.5 Å². The van der Waals surface area contributed by atoms with Crippen LogP contribution in [0, 0.1) is 5.41 Å². The van der Waals surface area contributed by atoms with Gasteiger partial charge < -0.3 is 0 Å². The minimum atomic E-state index is 0.510. The number of thiophene rings is 1. The zero-order valence-corrected chi connectivity index (χ0v) is 8.73. The van der Waals surface area contributed by atoms with Gasteiger partial charge in [0.25, 0.3) is 0 Å². The van der Waals surface area contributed by atoms with Crippen LogP contribution in [0.3, 0.4) is 0 Å². The fourth-order valence-electron chi connectivity index (χ4n) is 0.964. The molecule has 3 nitrogen and oxygen atoms in total. The third-order valence-corrected chi connectivity index (χ3v) is 2.78. The molecule has 0 amide bonds. The highest BCUT2D eigenvalue weighted by Crippen LogP contribution is 2.11. The molecular weight excluding hydrogens is 184 g/mol. The highest BCUT2D eigenvalue weighted by atomic mass is 32.1. The van der Waals surface area contributed by atoms with Crippen molar-refractivity contribution in [3.8, 4) is 0 Å². The average molecular weight is 198 g/mol. The summed E-state index contributed by atoms with van der Waals surface area (Å²) < 4.78 is 0. The minimum Gasteiger partial charge on any atom is -0.287 e. The second-order valence-corrected chi connectivity index (χ2v) is 3.74. The van der Waals surface area contributed by atoms with Crippen LogP contribution < -0.4 is 0 Å². The topological polar surface area (TPSA) is 36.3 Å². The first-order valence-electron chi connectivity index (χ1n) is 4.11. The summed E-state index contributed by atoms with van der Waals surface area (Å²) in [4.78, 5) is 6.21. The predicted molar refractivity (Wildman–Crippen MR) is 55.1 cm³/mol. The van der Waals surface area contributed by atoms with Gasteiger partial charge in [0.2, 0.25) is 0 Å². The van der Waals surface area contributed by atoms with Crippen molar-refractivity contribution in [2.45, 2.75) is 12.8 Å². The van der Waals surface area contributed by atoms with E-state index in [1.165, 1.54) is 9.94 Å². The van der Waals surface area contributed by atoms with Crippen molar-refractivity contribution in [3.05, 3.63) is 22.4 Å². The number of hydroxylamine groups is 2. The van der Waals surface area contributed by atoms with Crippen molar-refractivity contribution in [2.75, 3.05) is 14.2 Å². The van der Waals surface area contributed by atoms with Crippen LogP contribution in [0.1, 0.15) is 11.3 Å². The van der Waals surface area contributed by atoms with E-state index in [2.05, 4.69) is 11.4 Å². The van der Waals surface area contributed by atoms with Gasteiger partial charge in [-0.15, -0.1) is 11.3 Å². The van der Waals surface area contributed by atoms with E-state index in [1.807, 2.05) is 6.07 Å². The molecule has 0 aromatic carbocycles. The van der Waals surface area contributed by atoms with Gasteiger partial charge in [-0.3, -0.25) is 10.2 Å². The summed E-state index contributed by atoms with van der Waals surface area (Å²) >= 11 is 1.73. The standard InChI is InChI=1S/C9H14N2OS/c1-11(12-2)9(10)6-5-8-4-3-7-13-8/h3-4,7,10H,5-6H2,1-2H3. The lowest BCUT2D eigenvalue weighted by atomic mass is 10.2. The Morgan fingerprint density at radius 1 is 1.69 bits per heavy atom. The summed E-state index contributed by atoms with van der Waals surface area (Å²) in [6, 6.07) is 4.12. The molecule has 1 aromatic heterocycles. The quantitative estimate of drug-likeness (QED) is 0.457. The molecule has 72 valence electrons. The molecule has 0 radical (unpaired) electrons. The third-order valence-electron chi connectivity index (χ3n) is 1.84. The van der Waals surface area contributed by atoms with E-state index in [4.69, 9.17) is 10.2 Å². The number of hydrogen-bond donors (Lipinski definition) is 1. The van der Waals surface area contributed by atoms with E-state index >= 15 is 0 Å². The molecule has 4 heteroatoms. The molecule has 0 saturated heterocycles. The molecule has 0 aliphatic heterocycles. The maximum absolute atomic E-state index is 7.60. The minimum absolute atomic E-state index is 0.510. The summed E-state index contributed by atoms with van der Waals surface area (Å²) in [6.07, 6.45) is 1.65. The Hall–Kier alpha value is -0.870. The number of aryl methyl sites for hydroxylation is 1. The molecule has 0 spiro atoms. The van der Waals surface area contributed by atoms with E-state index < -0.39 is 0 Å².